The summed E-state index contributed by atoms with van der Waals surface area (Å²) in [6.45, 7) is 3.66. The molecule has 3 heterocycles. The van der Waals surface area contributed by atoms with E-state index in [2.05, 4.69) is 30.8 Å². The van der Waals surface area contributed by atoms with Gasteiger partial charge in [0.2, 0.25) is 0 Å². The van der Waals surface area contributed by atoms with E-state index in [1.54, 1.807) is 13.1 Å². The molecule has 7 nitrogen and oxygen atoms in total. The third-order valence-corrected chi connectivity index (χ3v) is 1.88. The van der Waals surface area contributed by atoms with Crippen LogP contribution in [0.3, 0.4) is 0 Å². The summed E-state index contributed by atoms with van der Waals surface area (Å²) in [5.74, 6) is 0.676. The van der Waals surface area contributed by atoms with Crippen molar-refractivity contribution >= 4 is 11.1 Å². The van der Waals surface area contributed by atoms with Crippen molar-refractivity contribution in [2.24, 2.45) is 0 Å². The Morgan fingerprint density at radius 3 is 2.75 bits per heavy atom. The Balaban J connectivity index is 0.000000138. The van der Waals surface area contributed by atoms with Crippen LogP contribution in [0.5, 0.6) is 0 Å². The number of aryl methyl sites for hydroxylation is 2. The minimum absolute atomic E-state index is 0.611. The van der Waals surface area contributed by atoms with Crippen LogP contribution in [0, 0.1) is 13.8 Å². The maximum atomic E-state index is 4.89. The number of rotatable bonds is 0. The number of fused-ring (bicyclic) bond motifs is 1. The summed E-state index contributed by atoms with van der Waals surface area (Å²) in [7, 11) is 0. The van der Waals surface area contributed by atoms with Crippen molar-refractivity contribution in [3.8, 4) is 0 Å². The van der Waals surface area contributed by atoms with E-state index in [1.165, 1.54) is 0 Å². The van der Waals surface area contributed by atoms with Crippen LogP contribution in [0.25, 0.3) is 11.1 Å². The summed E-state index contributed by atoms with van der Waals surface area (Å²) in [5, 5.41) is 17.5. The summed E-state index contributed by atoms with van der Waals surface area (Å²) in [6.07, 6.45) is 1.69. The van der Waals surface area contributed by atoms with Gasteiger partial charge >= 0.3 is 0 Å². The highest BCUT2D eigenvalue weighted by Gasteiger charge is 2.01. The van der Waals surface area contributed by atoms with Gasteiger partial charge in [0.1, 0.15) is 0 Å². The molecule has 0 spiro atoms. The minimum atomic E-state index is 0.611. The van der Waals surface area contributed by atoms with Crippen LogP contribution in [0.1, 0.15) is 11.5 Å². The van der Waals surface area contributed by atoms with Gasteiger partial charge in [-0.3, -0.25) is 0 Å². The fourth-order valence-corrected chi connectivity index (χ4v) is 1.11. The molecule has 0 unspecified atom stereocenters. The molecular formula is C9H10N6O. The fourth-order valence-electron chi connectivity index (χ4n) is 1.11. The Morgan fingerprint density at radius 2 is 2.19 bits per heavy atom. The van der Waals surface area contributed by atoms with Crippen molar-refractivity contribution in [3.63, 3.8) is 0 Å². The molecule has 7 heteroatoms. The highest BCUT2D eigenvalue weighted by Crippen LogP contribution is 2.13. The van der Waals surface area contributed by atoms with Gasteiger partial charge < -0.3 is 4.52 Å². The summed E-state index contributed by atoms with van der Waals surface area (Å²) < 4.78 is 4.89. The average Bonchev–Trinajstić information content (AvgIpc) is 2.91. The summed E-state index contributed by atoms with van der Waals surface area (Å²) in [6, 6.07) is 3.81. The van der Waals surface area contributed by atoms with E-state index >= 15 is 0 Å². The number of aromatic amines is 1. The lowest BCUT2D eigenvalue weighted by Gasteiger charge is -1.81. The number of tetrazole rings is 1. The number of nitrogens with one attached hydrogen (secondary N) is 1. The molecule has 0 atom stereocenters. The fraction of sp³-hybridized carbons (Fsp3) is 0.222. The van der Waals surface area contributed by atoms with E-state index in [-0.39, 0.29) is 0 Å². The predicted molar refractivity (Wildman–Crippen MR) is 55.5 cm³/mol. The Kier molecular flexibility index (Phi) is 2.86. The maximum Gasteiger partial charge on any atom is 0.257 e. The van der Waals surface area contributed by atoms with Crippen molar-refractivity contribution in [2.75, 3.05) is 0 Å². The van der Waals surface area contributed by atoms with Crippen LogP contribution in [0.4, 0.5) is 0 Å². The SMILES string of the molecule is Cc1nn[nH]n1.Cc1noc2ncccc12. The lowest BCUT2D eigenvalue weighted by molar-refractivity contribution is 0.443. The van der Waals surface area contributed by atoms with Gasteiger partial charge in [-0.05, 0) is 26.0 Å². The molecule has 0 bridgehead atoms. The second-order valence-corrected chi connectivity index (χ2v) is 3.08. The zero-order valence-corrected chi connectivity index (χ0v) is 8.88. The molecule has 0 aliphatic heterocycles. The number of hydrogen-bond acceptors (Lipinski definition) is 6. The van der Waals surface area contributed by atoms with Crippen molar-refractivity contribution in [3.05, 3.63) is 29.8 Å². The van der Waals surface area contributed by atoms with Crippen molar-refractivity contribution in [1.29, 1.82) is 0 Å². The molecule has 3 aromatic heterocycles. The molecule has 16 heavy (non-hydrogen) atoms. The molecule has 3 rings (SSSR count). The van der Waals surface area contributed by atoms with Gasteiger partial charge in [0.15, 0.2) is 5.82 Å². The predicted octanol–water partition coefficient (Wildman–Crippen LogP) is 1.04. The van der Waals surface area contributed by atoms with E-state index < -0.39 is 0 Å². The molecular weight excluding hydrogens is 208 g/mol. The average molecular weight is 218 g/mol. The molecule has 0 amide bonds. The Morgan fingerprint density at radius 1 is 1.31 bits per heavy atom. The van der Waals surface area contributed by atoms with Crippen LogP contribution in [0.15, 0.2) is 22.9 Å². The molecule has 0 saturated heterocycles. The molecule has 0 saturated carbocycles. The van der Waals surface area contributed by atoms with Gasteiger partial charge in [-0.1, -0.05) is 10.4 Å². The van der Waals surface area contributed by atoms with E-state index in [4.69, 9.17) is 4.52 Å². The first-order valence-corrected chi connectivity index (χ1v) is 4.64. The van der Waals surface area contributed by atoms with Crippen molar-refractivity contribution in [2.45, 2.75) is 13.8 Å². The number of nitrogens with zero attached hydrogens (tertiary/aromatic N) is 5. The van der Waals surface area contributed by atoms with Crippen LogP contribution >= 0.6 is 0 Å². The molecule has 82 valence electrons. The molecule has 0 aliphatic carbocycles. The van der Waals surface area contributed by atoms with Crippen molar-refractivity contribution < 1.29 is 4.52 Å². The molecule has 3 aromatic rings. The molecule has 0 radical (unpaired) electrons. The minimum Gasteiger partial charge on any atom is -0.336 e. The highest BCUT2D eigenvalue weighted by molar-refractivity contribution is 5.74. The second kappa shape index (κ2) is 4.47. The van der Waals surface area contributed by atoms with Gasteiger partial charge in [-0.15, -0.1) is 10.2 Å². The zero-order chi connectivity index (χ0) is 11.4. The number of pyridine rings is 1. The first-order chi connectivity index (χ1) is 7.77. The lowest BCUT2D eigenvalue weighted by atomic mass is 10.3. The first-order valence-electron chi connectivity index (χ1n) is 4.64. The normalized spacial score (nSPS) is 9.88. The van der Waals surface area contributed by atoms with E-state index in [9.17, 15) is 0 Å². The first kappa shape index (κ1) is 10.2. The van der Waals surface area contributed by atoms with Gasteiger partial charge in [-0.2, -0.15) is 5.21 Å². The quantitative estimate of drug-likeness (QED) is 0.605. The van der Waals surface area contributed by atoms with E-state index in [1.807, 2.05) is 19.1 Å². The van der Waals surface area contributed by atoms with Crippen LogP contribution < -0.4 is 0 Å². The zero-order valence-electron chi connectivity index (χ0n) is 8.88. The Bertz CT molecular complexity index is 558. The third kappa shape index (κ3) is 2.19. The topological polar surface area (TPSA) is 93.4 Å². The van der Waals surface area contributed by atoms with Gasteiger partial charge in [0, 0.05) is 6.20 Å². The molecule has 1 N–H and O–H groups in total. The lowest BCUT2D eigenvalue weighted by Crippen LogP contribution is -1.70. The smallest absolute Gasteiger partial charge is 0.257 e. The standard InChI is InChI=1S/C7H6N2O.C2H4N4/c1-5-6-3-2-4-8-7(6)10-9-5;1-2-3-5-6-4-2/h2-4H,1H3;1H3,(H,3,4,5,6). The number of H-pyrrole nitrogens is 1. The Labute approximate surface area is 90.9 Å². The van der Waals surface area contributed by atoms with Gasteiger partial charge in [-0.25, -0.2) is 4.98 Å². The highest BCUT2D eigenvalue weighted by atomic mass is 16.5. The number of aromatic nitrogens is 6. The van der Waals surface area contributed by atoms with Crippen LogP contribution in [-0.4, -0.2) is 30.8 Å². The van der Waals surface area contributed by atoms with Crippen LogP contribution in [-0.2, 0) is 0 Å². The maximum absolute atomic E-state index is 4.89. The van der Waals surface area contributed by atoms with Gasteiger partial charge in [0.25, 0.3) is 5.71 Å². The van der Waals surface area contributed by atoms with E-state index in [0.717, 1.165) is 11.1 Å². The summed E-state index contributed by atoms with van der Waals surface area (Å²) in [4.78, 5) is 3.97. The number of hydrogen-bond donors (Lipinski definition) is 1. The van der Waals surface area contributed by atoms with Crippen LogP contribution in [0.2, 0.25) is 0 Å². The third-order valence-electron chi connectivity index (χ3n) is 1.88. The summed E-state index contributed by atoms with van der Waals surface area (Å²) in [5.41, 5.74) is 1.50. The van der Waals surface area contributed by atoms with E-state index in [0.29, 0.717) is 11.5 Å². The molecule has 0 fully saturated rings. The molecule has 0 aromatic carbocycles. The monoisotopic (exact) mass is 218 g/mol. The molecule has 0 aliphatic rings. The second-order valence-electron chi connectivity index (χ2n) is 3.08. The Hall–Kier alpha value is -2.31. The van der Waals surface area contributed by atoms with Crippen molar-refractivity contribution in [1.82, 2.24) is 30.8 Å². The van der Waals surface area contributed by atoms with Gasteiger partial charge in [0.05, 0.1) is 11.1 Å². The summed E-state index contributed by atoms with van der Waals surface area (Å²) >= 11 is 0. The largest absolute Gasteiger partial charge is 0.336 e.